The van der Waals surface area contributed by atoms with E-state index >= 15 is 0 Å². The molecule has 3 aromatic rings. The molecule has 3 aromatic carbocycles. The predicted molar refractivity (Wildman–Crippen MR) is 112 cm³/mol. The van der Waals surface area contributed by atoms with Gasteiger partial charge in [0.05, 0.1) is 35.6 Å². The summed E-state index contributed by atoms with van der Waals surface area (Å²) >= 11 is 0. The molecule has 0 spiro atoms. The minimum absolute atomic E-state index is 0.0806. The van der Waals surface area contributed by atoms with E-state index in [0.29, 0.717) is 11.6 Å². The zero-order valence-corrected chi connectivity index (χ0v) is 17.7. The van der Waals surface area contributed by atoms with Crippen LogP contribution in [0.1, 0.15) is 21.5 Å². The van der Waals surface area contributed by atoms with Crippen molar-refractivity contribution in [2.75, 3.05) is 11.8 Å². The van der Waals surface area contributed by atoms with Crippen molar-refractivity contribution in [2.24, 2.45) is 0 Å². The fraction of sp³-hybridized carbons (Fsp3) is 0.0909. The number of halogens is 3. The second-order valence-corrected chi connectivity index (χ2v) is 8.38. The van der Waals surface area contributed by atoms with Gasteiger partial charge in [-0.3, -0.25) is 4.72 Å². The first-order chi connectivity index (χ1) is 15.5. The van der Waals surface area contributed by atoms with Gasteiger partial charge in [0, 0.05) is 5.56 Å². The molecule has 0 unspecified atom stereocenters. The predicted octanol–water partition coefficient (Wildman–Crippen LogP) is 4.75. The summed E-state index contributed by atoms with van der Waals surface area (Å²) in [6.45, 7) is 0. The van der Waals surface area contributed by atoms with Crippen molar-refractivity contribution in [3.63, 3.8) is 0 Å². The number of hydrogen-bond acceptors (Lipinski definition) is 5. The number of sulfonamides is 1. The van der Waals surface area contributed by atoms with Gasteiger partial charge in [-0.2, -0.15) is 18.4 Å². The van der Waals surface area contributed by atoms with Crippen molar-refractivity contribution in [1.82, 2.24) is 0 Å². The number of ether oxygens (including phenoxy) is 1. The Morgan fingerprint density at radius 3 is 2.42 bits per heavy atom. The fourth-order valence-electron chi connectivity index (χ4n) is 3.03. The van der Waals surface area contributed by atoms with Crippen LogP contribution in [-0.4, -0.2) is 26.6 Å². The molecule has 0 saturated carbocycles. The number of alkyl halides is 3. The van der Waals surface area contributed by atoms with Crippen LogP contribution in [0, 0.1) is 11.3 Å². The molecule has 3 rings (SSSR count). The molecule has 33 heavy (non-hydrogen) atoms. The van der Waals surface area contributed by atoms with E-state index in [9.17, 15) is 31.5 Å². The Morgan fingerprint density at radius 1 is 1.09 bits per heavy atom. The third-order valence-corrected chi connectivity index (χ3v) is 5.98. The molecular formula is C22H15F3N2O5S. The first-order valence-corrected chi connectivity index (χ1v) is 10.6. The molecule has 170 valence electrons. The van der Waals surface area contributed by atoms with Crippen LogP contribution in [0.5, 0.6) is 5.75 Å². The van der Waals surface area contributed by atoms with Crippen molar-refractivity contribution in [3.8, 4) is 22.9 Å². The summed E-state index contributed by atoms with van der Waals surface area (Å²) in [7, 11) is -3.43. The molecule has 0 aliphatic heterocycles. The second kappa shape index (κ2) is 8.84. The maximum atomic E-state index is 13.3. The summed E-state index contributed by atoms with van der Waals surface area (Å²) in [5, 5.41) is 18.3. The Kier molecular flexibility index (Phi) is 6.32. The summed E-state index contributed by atoms with van der Waals surface area (Å²) in [4.78, 5) is 10.7. The molecular weight excluding hydrogens is 461 g/mol. The van der Waals surface area contributed by atoms with Crippen molar-refractivity contribution in [3.05, 3.63) is 77.4 Å². The van der Waals surface area contributed by atoms with E-state index in [1.165, 1.54) is 24.3 Å². The number of nitrogens with zero attached hydrogens (tertiary/aromatic N) is 1. The first-order valence-electron chi connectivity index (χ1n) is 9.12. The lowest BCUT2D eigenvalue weighted by Gasteiger charge is -2.17. The molecule has 2 N–H and O–H groups in total. The van der Waals surface area contributed by atoms with Gasteiger partial charge in [-0.1, -0.05) is 18.2 Å². The second-order valence-electron chi connectivity index (χ2n) is 6.73. The number of benzene rings is 3. The lowest BCUT2D eigenvalue weighted by atomic mass is 10.00. The van der Waals surface area contributed by atoms with Crippen molar-refractivity contribution in [2.45, 2.75) is 11.1 Å². The van der Waals surface area contributed by atoms with E-state index in [4.69, 9.17) is 10.00 Å². The Hall–Kier alpha value is -4.04. The van der Waals surface area contributed by atoms with E-state index in [1.54, 1.807) is 0 Å². The summed E-state index contributed by atoms with van der Waals surface area (Å²) in [6.07, 6.45) is -4.76. The van der Waals surface area contributed by atoms with Gasteiger partial charge in [-0.15, -0.1) is 0 Å². The van der Waals surface area contributed by atoms with E-state index in [0.717, 1.165) is 37.4 Å². The molecule has 0 amide bonds. The molecule has 0 heterocycles. The molecule has 0 aliphatic carbocycles. The number of carboxylic acids is 1. The SMILES string of the molecule is COc1ccc(C(=O)O)cc1S(=O)(=O)Nc1cc(C(F)(F)F)ccc1-c1cccc(C#N)c1. The van der Waals surface area contributed by atoms with Crippen molar-refractivity contribution < 1.29 is 36.2 Å². The third kappa shape index (κ3) is 5.07. The van der Waals surface area contributed by atoms with Crippen LogP contribution in [0.4, 0.5) is 18.9 Å². The van der Waals surface area contributed by atoms with Crippen LogP contribution in [-0.2, 0) is 16.2 Å². The van der Waals surface area contributed by atoms with Crippen LogP contribution in [0.15, 0.2) is 65.6 Å². The number of carbonyl (C=O) groups is 1. The van der Waals surface area contributed by atoms with Gasteiger partial charge in [-0.05, 0) is 48.0 Å². The summed E-state index contributed by atoms with van der Waals surface area (Å²) < 4.78 is 73.3. The monoisotopic (exact) mass is 476 g/mol. The van der Waals surface area contributed by atoms with Crippen LogP contribution >= 0.6 is 0 Å². The Morgan fingerprint density at radius 2 is 1.82 bits per heavy atom. The van der Waals surface area contributed by atoms with Gasteiger partial charge in [0.15, 0.2) is 0 Å². The topological polar surface area (TPSA) is 116 Å². The standard InChI is InChI=1S/C22H15F3N2O5S/c1-32-19-8-5-15(21(28)29)10-20(19)33(30,31)27-18-11-16(22(23,24)25)6-7-17(18)14-4-2-3-13(9-14)12-26/h2-11,27H,1H3,(H,28,29). The maximum absolute atomic E-state index is 13.3. The van der Waals surface area contributed by atoms with E-state index < -0.39 is 38.3 Å². The number of anilines is 1. The number of methoxy groups -OCH3 is 1. The third-order valence-electron chi connectivity index (χ3n) is 4.59. The normalized spacial score (nSPS) is 11.5. The van der Waals surface area contributed by atoms with Crippen LogP contribution < -0.4 is 9.46 Å². The highest BCUT2D eigenvalue weighted by atomic mass is 32.2. The van der Waals surface area contributed by atoms with E-state index in [-0.39, 0.29) is 22.4 Å². The fourth-order valence-corrected chi connectivity index (χ4v) is 4.30. The summed E-state index contributed by atoms with van der Waals surface area (Å²) in [6, 6.07) is 13.4. The first kappa shape index (κ1) is 23.6. The van der Waals surface area contributed by atoms with Crippen LogP contribution in [0.3, 0.4) is 0 Å². The molecule has 0 fully saturated rings. The number of aromatic carboxylic acids is 1. The lowest BCUT2D eigenvalue weighted by molar-refractivity contribution is -0.137. The maximum Gasteiger partial charge on any atom is 0.416 e. The zero-order valence-electron chi connectivity index (χ0n) is 16.8. The van der Waals surface area contributed by atoms with Gasteiger partial charge >= 0.3 is 12.1 Å². The van der Waals surface area contributed by atoms with Crippen molar-refractivity contribution in [1.29, 1.82) is 5.26 Å². The molecule has 0 saturated heterocycles. The molecule has 0 atom stereocenters. The highest BCUT2D eigenvalue weighted by Gasteiger charge is 2.32. The molecule has 11 heteroatoms. The lowest BCUT2D eigenvalue weighted by Crippen LogP contribution is -2.16. The highest BCUT2D eigenvalue weighted by molar-refractivity contribution is 7.92. The molecule has 0 bridgehead atoms. The highest BCUT2D eigenvalue weighted by Crippen LogP contribution is 2.38. The van der Waals surface area contributed by atoms with Gasteiger partial charge in [0.25, 0.3) is 10.0 Å². The largest absolute Gasteiger partial charge is 0.495 e. The number of rotatable bonds is 6. The average Bonchev–Trinajstić information content (AvgIpc) is 2.77. The number of nitrogens with one attached hydrogen (secondary N) is 1. The van der Waals surface area contributed by atoms with Gasteiger partial charge in [0.2, 0.25) is 0 Å². The molecule has 0 aliphatic rings. The van der Waals surface area contributed by atoms with Gasteiger partial charge in [0.1, 0.15) is 10.6 Å². The summed E-state index contributed by atoms with van der Waals surface area (Å²) in [5.41, 5.74) is -1.28. The molecule has 0 radical (unpaired) electrons. The molecule has 0 aromatic heterocycles. The quantitative estimate of drug-likeness (QED) is 0.530. The summed E-state index contributed by atoms with van der Waals surface area (Å²) in [5.74, 6) is -1.60. The van der Waals surface area contributed by atoms with E-state index in [2.05, 4.69) is 4.72 Å². The van der Waals surface area contributed by atoms with E-state index in [1.807, 2.05) is 6.07 Å². The average molecular weight is 476 g/mol. The number of nitriles is 1. The molecule has 7 nitrogen and oxygen atoms in total. The Balaban J connectivity index is 2.20. The minimum atomic E-state index is -4.76. The van der Waals surface area contributed by atoms with Gasteiger partial charge in [-0.25, -0.2) is 13.2 Å². The zero-order chi connectivity index (χ0) is 24.4. The van der Waals surface area contributed by atoms with Gasteiger partial charge < -0.3 is 9.84 Å². The van der Waals surface area contributed by atoms with Crippen molar-refractivity contribution >= 4 is 21.7 Å². The Bertz CT molecular complexity index is 1380. The smallest absolute Gasteiger partial charge is 0.416 e. The number of carboxylic acid groups (broad SMARTS) is 1. The number of hydrogen-bond donors (Lipinski definition) is 2. The minimum Gasteiger partial charge on any atom is -0.495 e. The van der Waals surface area contributed by atoms with Crippen LogP contribution in [0.25, 0.3) is 11.1 Å². The Labute approximate surface area is 186 Å². The van der Waals surface area contributed by atoms with Crippen LogP contribution in [0.2, 0.25) is 0 Å².